The van der Waals surface area contributed by atoms with Crippen LogP contribution in [0.1, 0.15) is 16.0 Å². The first-order valence-electron chi connectivity index (χ1n) is 4.82. The van der Waals surface area contributed by atoms with Gasteiger partial charge >= 0.3 is 0 Å². The highest BCUT2D eigenvalue weighted by Gasteiger charge is 2.11. The Morgan fingerprint density at radius 2 is 1.62 bits per heavy atom. The summed E-state index contributed by atoms with van der Waals surface area (Å²) in [6.45, 7) is 0. The quantitative estimate of drug-likeness (QED) is 0.667. The van der Waals surface area contributed by atoms with Gasteiger partial charge < -0.3 is 0 Å². The summed E-state index contributed by atoms with van der Waals surface area (Å²) in [4.78, 5) is 0.0244. The molecule has 0 spiro atoms. The van der Waals surface area contributed by atoms with Crippen molar-refractivity contribution >= 4 is 31.9 Å². The summed E-state index contributed by atoms with van der Waals surface area (Å²) in [5.74, 6) is -0.238. The van der Waals surface area contributed by atoms with Crippen molar-refractivity contribution in [3.8, 4) is 0 Å². The average Bonchev–Trinajstić information content (AvgIpc) is 2.33. The fourth-order valence-corrected chi connectivity index (χ4v) is 2.32. The standard InChI is InChI=1S/C13H9Br2F/c14-11-7-6-10(8-12(11)16)13(15)9-4-2-1-3-5-9/h1-8,13H. The van der Waals surface area contributed by atoms with Gasteiger partial charge in [-0.15, -0.1) is 0 Å². The Bertz CT molecular complexity index is 483. The van der Waals surface area contributed by atoms with E-state index in [2.05, 4.69) is 31.9 Å². The highest BCUT2D eigenvalue weighted by molar-refractivity contribution is 9.10. The predicted molar refractivity (Wildman–Crippen MR) is 71.3 cm³/mol. The topological polar surface area (TPSA) is 0 Å². The molecule has 0 N–H and O–H groups in total. The zero-order chi connectivity index (χ0) is 11.5. The van der Waals surface area contributed by atoms with E-state index < -0.39 is 0 Å². The summed E-state index contributed by atoms with van der Waals surface area (Å²) in [5.41, 5.74) is 2.02. The van der Waals surface area contributed by atoms with Crippen molar-refractivity contribution in [2.45, 2.75) is 4.83 Å². The van der Waals surface area contributed by atoms with Crippen LogP contribution in [0, 0.1) is 5.82 Å². The SMILES string of the molecule is Fc1cc(C(Br)c2ccccc2)ccc1Br. The van der Waals surface area contributed by atoms with E-state index in [1.165, 1.54) is 6.07 Å². The van der Waals surface area contributed by atoms with Crippen molar-refractivity contribution in [2.75, 3.05) is 0 Å². The van der Waals surface area contributed by atoms with Gasteiger partial charge in [0, 0.05) is 0 Å². The number of alkyl halides is 1. The van der Waals surface area contributed by atoms with Crippen LogP contribution in [-0.4, -0.2) is 0 Å². The Hall–Kier alpha value is -0.670. The number of benzene rings is 2. The Kier molecular flexibility index (Phi) is 3.77. The zero-order valence-electron chi connectivity index (χ0n) is 8.33. The molecule has 0 radical (unpaired) electrons. The lowest BCUT2D eigenvalue weighted by molar-refractivity contribution is 0.619. The van der Waals surface area contributed by atoms with Crippen LogP contribution < -0.4 is 0 Å². The minimum atomic E-state index is -0.238. The molecule has 0 aromatic heterocycles. The smallest absolute Gasteiger partial charge is 0.137 e. The maximum absolute atomic E-state index is 13.4. The maximum atomic E-state index is 13.4. The van der Waals surface area contributed by atoms with Crippen molar-refractivity contribution in [1.29, 1.82) is 0 Å². The van der Waals surface area contributed by atoms with Crippen LogP contribution in [0.5, 0.6) is 0 Å². The molecule has 0 amide bonds. The molecule has 2 rings (SSSR count). The molecule has 0 nitrogen and oxygen atoms in total. The predicted octanol–water partition coefficient (Wildman–Crippen LogP) is 5.07. The van der Waals surface area contributed by atoms with Crippen LogP contribution in [0.25, 0.3) is 0 Å². The Balaban J connectivity index is 2.34. The van der Waals surface area contributed by atoms with Gasteiger partial charge in [0.25, 0.3) is 0 Å². The first-order valence-corrected chi connectivity index (χ1v) is 6.53. The van der Waals surface area contributed by atoms with Gasteiger partial charge in [-0.3, -0.25) is 0 Å². The van der Waals surface area contributed by atoms with Gasteiger partial charge in [-0.05, 0) is 39.2 Å². The molecule has 2 aromatic rings. The third-order valence-corrected chi connectivity index (χ3v) is 4.03. The van der Waals surface area contributed by atoms with Gasteiger partial charge in [0.05, 0.1) is 9.30 Å². The van der Waals surface area contributed by atoms with E-state index in [1.54, 1.807) is 6.07 Å². The van der Waals surface area contributed by atoms with Crippen LogP contribution in [0.3, 0.4) is 0 Å². The number of rotatable bonds is 2. The van der Waals surface area contributed by atoms with Gasteiger partial charge in [-0.25, -0.2) is 4.39 Å². The highest BCUT2D eigenvalue weighted by atomic mass is 79.9. The number of halogens is 3. The summed E-state index contributed by atoms with van der Waals surface area (Å²) in [7, 11) is 0. The Morgan fingerprint density at radius 1 is 0.938 bits per heavy atom. The first kappa shape index (κ1) is 11.8. The second-order valence-corrected chi connectivity index (χ2v) is 5.22. The molecule has 0 fully saturated rings. The molecule has 82 valence electrons. The molecule has 16 heavy (non-hydrogen) atoms. The summed E-state index contributed by atoms with van der Waals surface area (Å²) >= 11 is 6.72. The fourth-order valence-electron chi connectivity index (χ4n) is 1.48. The fraction of sp³-hybridized carbons (Fsp3) is 0.0769. The van der Waals surface area contributed by atoms with Crippen molar-refractivity contribution in [3.63, 3.8) is 0 Å². The van der Waals surface area contributed by atoms with E-state index in [0.717, 1.165) is 11.1 Å². The normalized spacial score (nSPS) is 12.4. The molecule has 3 heteroatoms. The minimum absolute atomic E-state index is 0.0244. The third-order valence-electron chi connectivity index (χ3n) is 2.33. The van der Waals surface area contributed by atoms with Gasteiger partial charge in [0.1, 0.15) is 5.82 Å². The van der Waals surface area contributed by atoms with Crippen molar-refractivity contribution in [1.82, 2.24) is 0 Å². The Morgan fingerprint density at radius 3 is 2.25 bits per heavy atom. The van der Waals surface area contributed by atoms with E-state index >= 15 is 0 Å². The summed E-state index contributed by atoms with van der Waals surface area (Å²) in [5, 5.41) is 0. The van der Waals surface area contributed by atoms with E-state index in [-0.39, 0.29) is 10.6 Å². The number of hydrogen-bond donors (Lipinski definition) is 0. The molecule has 0 aliphatic carbocycles. The van der Waals surface area contributed by atoms with E-state index in [0.29, 0.717) is 4.47 Å². The summed E-state index contributed by atoms with van der Waals surface area (Å²) in [6.07, 6.45) is 0. The van der Waals surface area contributed by atoms with E-state index in [9.17, 15) is 4.39 Å². The van der Waals surface area contributed by atoms with Gasteiger partial charge in [0.2, 0.25) is 0 Å². The van der Waals surface area contributed by atoms with Crippen LogP contribution in [-0.2, 0) is 0 Å². The molecular weight excluding hydrogens is 335 g/mol. The molecule has 1 atom stereocenters. The van der Waals surface area contributed by atoms with E-state index in [4.69, 9.17) is 0 Å². The maximum Gasteiger partial charge on any atom is 0.137 e. The van der Waals surface area contributed by atoms with Crippen LogP contribution >= 0.6 is 31.9 Å². The lowest BCUT2D eigenvalue weighted by atomic mass is 10.1. The summed E-state index contributed by atoms with van der Waals surface area (Å²) < 4.78 is 13.9. The molecule has 0 aliphatic rings. The zero-order valence-corrected chi connectivity index (χ0v) is 11.5. The molecule has 0 bridgehead atoms. The lowest BCUT2D eigenvalue weighted by Gasteiger charge is -2.11. The van der Waals surface area contributed by atoms with Gasteiger partial charge in [0.15, 0.2) is 0 Å². The molecule has 0 heterocycles. The third kappa shape index (κ3) is 2.53. The van der Waals surface area contributed by atoms with Gasteiger partial charge in [-0.2, -0.15) is 0 Å². The van der Waals surface area contributed by atoms with Gasteiger partial charge in [-0.1, -0.05) is 52.3 Å². The average molecular weight is 344 g/mol. The summed E-state index contributed by atoms with van der Waals surface area (Å²) in [6, 6.07) is 15.1. The van der Waals surface area contributed by atoms with Crippen molar-refractivity contribution in [2.24, 2.45) is 0 Å². The second kappa shape index (κ2) is 5.11. The van der Waals surface area contributed by atoms with Crippen LogP contribution in [0.2, 0.25) is 0 Å². The monoisotopic (exact) mass is 342 g/mol. The minimum Gasteiger partial charge on any atom is -0.206 e. The lowest BCUT2D eigenvalue weighted by Crippen LogP contribution is -1.93. The van der Waals surface area contributed by atoms with Crippen molar-refractivity contribution in [3.05, 3.63) is 69.9 Å². The molecule has 0 saturated carbocycles. The molecule has 1 unspecified atom stereocenters. The van der Waals surface area contributed by atoms with Crippen LogP contribution in [0.4, 0.5) is 4.39 Å². The first-order chi connectivity index (χ1) is 7.68. The number of hydrogen-bond acceptors (Lipinski definition) is 0. The molecular formula is C13H9Br2F. The van der Waals surface area contributed by atoms with E-state index in [1.807, 2.05) is 36.4 Å². The van der Waals surface area contributed by atoms with Crippen molar-refractivity contribution < 1.29 is 4.39 Å². The Labute approximate surface area is 111 Å². The molecule has 2 aromatic carbocycles. The molecule has 0 saturated heterocycles. The highest BCUT2D eigenvalue weighted by Crippen LogP contribution is 2.32. The largest absolute Gasteiger partial charge is 0.206 e. The second-order valence-electron chi connectivity index (χ2n) is 3.45. The van der Waals surface area contributed by atoms with Crippen LogP contribution in [0.15, 0.2) is 53.0 Å². The molecule has 0 aliphatic heterocycles.